The van der Waals surface area contributed by atoms with Crippen LogP contribution in [0, 0.1) is 12.3 Å². The van der Waals surface area contributed by atoms with Crippen LogP contribution < -0.4 is 5.32 Å². The summed E-state index contributed by atoms with van der Waals surface area (Å²) in [7, 11) is 0. The Hall–Kier alpha value is -1.01. The molecular weight excluding hydrogens is 142 g/mol. The van der Waals surface area contributed by atoms with E-state index in [4.69, 9.17) is 11.5 Å². The lowest BCUT2D eigenvalue weighted by Crippen LogP contribution is -2.34. The van der Waals surface area contributed by atoms with Crippen LogP contribution in [-0.2, 0) is 4.79 Å². The van der Waals surface area contributed by atoms with Gasteiger partial charge in [-0.05, 0) is 6.92 Å². The van der Waals surface area contributed by atoms with Crippen LogP contribution >= 0.6 is 0 Å². The van der Waals surface area contributed by atoms with Crippen LogP contribution in [0.15, 0.2) is 0 Å². The SMILES string of the molecule is C#CCCC(=O)N[C@H](C)CO. The van der Waals surface area contributed by atoms with Crippen molar-refractivity contribution in [2.75, 3.05) is 6.61 Å². The maximum Gasteiger partial charge on any atom is 0.221 e. The minimum atomic E-state index is -0.180. The first kappa shape index (κ1) is 9.99. The van der Waals surface area contributed by atoms with Gasteiger partial charge in [-0.15, -0.1) is 12.3 Å². The number of hydrogen-bond acceptors (Lipinski definition) is 2. The van der Waals surface area contributed by atoms with Gasteiger partial charge in [0.25, 0.3) is 0 Å². The van der Waals surface area contributed by atoms with E-state index in [1.807, 2.05) is 0 Å². The van der Waals surface area contributed by atoms with E-state index < -0.39 is 0 Å². The minimum absolute atomic E-state index is 0.0399. The van der Waals surface area contributed by atoms with Gasteiger partial charge in [0.2, 0.25) is 5.91 Å². The molecule has 11 heavy (non-hydrogen) atoms. The molecule has 0 radical (unpaired) electrons. The van der Waals surface area contributed by atoms with Crippen molar-refractivity contribution in [3.05, 3.63) is 0 Å². The van der Waals surface area contributed by atoms with Crippen LogP contribution in [0.3, 0.4) is 0 Å². The second kappa shape index (κ2) is 5.75. The molecule has 62 valence electrons. The molecule has 0 bridgehead atoms. The summed E-state index contributed by atoms with van der Waals surface area (Å²) >= 11 is 0. The lowest BCUT2D eigenvalue weighted by Gasteiger charge is -2.08. The molecule has 0 saturated heterocycles. The zero-order valence-electron chi connectivity index (χ0n) is 6.63. The summed E-state index contributed by atoms with van der Waals surface area (Å²) in [5.41, 5.74) is 0. The Bertz CT molecular complexity index is 160. The third-order valence-corrected chi connectivity index (χ3v) is 1.18. The predicted octanol–water partition coefficient (Wildman–Crippen LogP) is -0.103. The number of hydrogen-bond donors (Lipinski definition) is 2. The molecule has 0 aliphatic rings. The summed E-state index contributed by atoms with van der Waals surface area (Å²) in [5.74, 6) is 2.26. The average molecular weight is 155 g/mol. The smallest absolute Gasteiger partial charge is 0.221 e. The lowest BCUT2D eigenvalue weighted by molar-refractivity contribution is -0.121. The maximum absolute atomic E-state index is 10.9. The van der Waals surface area contributed by atoms with Crippen LogP contribution in [0.5, 0.6) is 0 Å². The van der Waals surface area contributed by atoms with Gasteiger partial charge in [-0.3, -0.25) is 4.79 Å². The Balaban J connectivity index is 3.45. The van der Waals surface area contributed by atoms with Gasteiger partial charge in [0.15, 0.2) is 0 Å². The standard InChI is InChI=1S/C8H13NO2/c1-3-4-5-8(11)9-7(2)6-10/h1,7,10H,4-6H2,2H3,(H,9,11)/t7-/m1/s1. The van der Waals surface area contributed by atoms with Crippen molar-refractivity contribution >= 4 is 5.91 Å². The van der Waals surface area contributed by atoms with Gasteiger partial charge < -0.3 is 10.4 Å². The fourth-order valence-corrected chi connectivity index (χ4v) is 0.578. The third kappa shape index (κ3) is 5.43. The van der Waals surface area contributed by atoms with Gasteiger partial charge >= 0.3 is 0 Å². The molecule has 0 aromatic carbocycles. The van der Waals surface area contributed by atoms with Crippen LogP contribution in [0.2, 0.25) is 0 Å². The van der Waals surface area contributed by atoms with Crippen molar-refractivity contribution in [3.63, 3.8) is 0 Å². The second-order valence-corrected chi connectivity index (χ2v) is 2.36. The van der Waals surface area contributed by atoms with Gasteiger partial charge in [-0.25, -0.2) is 0 Å². The van der Waals surface area contributed by atoms with E-state index >= 15 is 0 Å². The van der Waals surface area contributed by atoms with Gasteiger partial charge in [0.1, 0.15) is 0 Å². The van der Waals surface area contributed by atoms with Gasteiger partial charge in [0, 0.05) is 18.9 Å². The highest BCUT2D eigenvalue weighted by Gasteiger charge is 2.03. The van der Waals surface area contributed by atoms with Gasteiger partial charge in [0.05, 0.1) is 6.61 Å². The minimum Gasteiger partial charge on any atom is -0.394 e. The Morgan fingerprint density at radius 3 is 2.91 bits per heavy atom. The molecular formula is C8H13NO2. The first-order valence-electron chi connectivity index (χ1n) is 3.54. The van der Waals surface area contributed by atoms with Crippen LogP contribution in [-0.4, -0.2) is 23.7 Å². The Kier molecular flexibility index (Phi) is 5.22. The van der Waals surface area contributed by atoms with E-state index in [0.29, 0.717) is 12.8 Å². The summed E-state index contributed by atoms with van der Waals surface area (Å²) in [5, 5.41) is 11.1. The van der Waals surface area contributed by atoms with E-state index in [1.54, 1.807) is 6.92 Å². The number of rotatable bonds is 4. The zero-order valence-corrected chi connectivity index (χ0v) is 6.63. The zero-order chi connectivity index (χ0) is 8.69. The van der Waals surface area contributed by atoms with E-state index in [-0.39, 0.29) is 18.6 Å². The Morgan fingerprint density at radius 1 is 1.82 bits per heavy atom. The number of carbonyl (C=O) groups excluding carboxylic acids is 1. The van der Waals surface area contributed by atoms with Crippen LogP contribution in [0.1, 0.15) is 19.8 Å². The number of aliphatic hydroxyl groups excluding tert-OH is 1. The monoisotopic (exact) mass is 155 g/mol. The summed E-state index contributed by atoms with van der Waals surface area (Å²) < 4.78 is 0. The molecule has 0 unspecified atom stereocenters. The number of nitrogens with one attached hydrogen (secondary N) is 1. The third-order valence-electron chi connectivity index (χ3n) is 1.18. The Morgan fingerprint density at radius 2 is 2.45 bits per heavy atom. The molecule has 0 aromatic rings. The molecule has 0 aliphatic carbocycles. The van der Waals surface area contributed by atoms with Crippen molar-refractivity contribution in [2.24, 2.45) is 0 Å². The number of aliphatic hydroxyl groups is 1. The molecule has 0 aromatic heterocycles. The first-order valence-corrected chi connectivity index (χ1v) is 3.54. The topological polar surface area (TPSA) is 49.3 Å². The van der Waals surface area contributed by atoms with Crippen LogP contribution in [0.4, 0.5) is 0 Å². The van der Waals surface area contributed by atoms with Crippen LogP contribution in [0.25, 0.3) is 0 Å². The van der Waals surface area contributed by atoms with Crippen molar-refractivity contribution in [2.45, 2.75) is 25.8 Å². The number of carbonyl (C=O) groups is 1. The van der Waals surface area contributed by atoms with Crippen molar-refractivity contribution < 1.29 is 9.90 Å². The molecule has 0 aliphatic heterocycles. The Labute approximate surface area is 66.8 Å². The van der Waals surface area contributed by atoms with E-state index in [2.05, 4.69) is 11.2 Å². The summed E-state index contributed by atoms with van der Waals surface area (Å²) in [6.45, 7) is 1.69. The molecule has 0 rings (SSSR count). The fourth-order valence-electron chi connectivity index (χ4n) is 0.578. The fraction of sp³-hybridized carbons (Fsp3) is 0.625. The largest absolute Gasteiger partial charge is 0.394 e. The van der Waals surface area contributed by atoms with Crippen molar-refractivity contribution in [1.82, 2.24) is 5.32 Å². The van der Waals surface area contributed by atoms with Gasteiger partial charge in [-0.2, -0.15) is 0 Å². The van der Waals surface area contributed by atoms with Gasteiger partial charge in [-0.1, -0.05) is 0 Å². The summed E-state index contributed by atoms with van der Waals surface area (Å²) in [6.07, 6.45) is 5.74. The number of amides is 1. The molecule has 1 atom stereocenters. The van der Waals surface area contributed by atoms with E-state index in [1.165, 1.54) is 0 Å². The normalized spacial score (nSPS) is 11.7. The molecule has 2 N–H and O–H groups in total. The molecule has 3 nitrogen and oxygen atoms in total. The second-order valence-electron chi connectivity index (χ2n) is 2.36. The van der Waals surface area contributed by atoms with E-state index in [9.17, 15) is 4.79 Å². The molecule has 1 amide bonds. The first-order chi connectivity index (χ1) is 5.20. The maximum atomic E-state index is 10.9. The molecule has 0 spiro atoms. The highest BCUT2D eigenvalue weighted by molar-refractivity contribution is 5.76. The highest BCUT2D eigenvalue weighted by atomic mass is 16.3. The molecule has 0 fully saturated rings. The van der Waals surface area contributed by atoms with Crippen molar-refractivity contribution in [1.29, 1.82) is 0 Å². The van der Waals surface area contributed by atoms with Crippen molar-refractivity contribution in [3.8, 4) is 12.3 Å². The molecule has 3 heteroatoms. The quantitative estimate of drug-likeness (QED) is 0.557. The molecule has 0 heterocycles. The summed E-state index contributed by atoms with van der Waals surface area (Å²) in [6, 6.07) is -0.180. The van der Waals surface area contributed by atoms with E-state index in [0.717, 1.165) is 0 Å². The number of terminal acetylenes is 1. The average Bonchev–Trinajstić information content (AvgIpc) is 2.00. The highest BCUT2D eigenvalue weighted by Crippen LogP contribution is 1.87. The molecule has 0 saturated carbocycles. The lowest BCUT2D eigenvalue weighted by atomic mass is 10.3. The predicted molar refractivity (Wildman–Crippen MR) is 42.8 cm³/mol. The summed E-state index contributed by atoms with van der Waals surface area (Å²) in [4.78, 5) is 10.9.